The van der Waals surface area contributed by atoms with Crippen LogP contribution in [0.5, 0.6) is 0 Å². The maximum absolute atomic E-state index is 12.9. The molecular formula is C19H16N2O9S2-2. The second-order valence-electron chi connectivity index (χ2n) is 7.07. The first-order valence-electron chi connectivity index (χ1n) is 9.04. The number of nitrogens with one attached hydrogen (secondary N) is 2. The Kier molecular flexibility index (Phi) is 5.95. The van der Waals surface area contributed by atoms with Crippen molar-refractivity contribution in [2.24, 2.45) is 0 Å². The molecule has 170 valence electrons. The van der Waals surface area contributed by atoms with Gasteiger partial charge < -0.3 is 19.8 Å². The van der Waals surface area contributed by atoms with Crippen LogP contribution >= 0.6 is 0 Å². The molecule has 0 heterocycles. The van der Waals surface area contributed by atoms with Crippen molar-refractivity contribution in [2.75, 3.05) is 0 Å². The molecular weight excluding hydrogens is 464 g/mol. The Hall–Kier alpha value is -3.13. The zero-order valence-electron chi connectivity index (χ0n) is 16.6. The van der Waals surface area contributed by atoms with Gasteiger partial charge in [0.25, 0.3) is 0 Å². The summed E-state index contributed by atoms with van der Waals surface area (Å²) in [6, 6.07) is 4.16. The van der Waals surface area contributed by atoms with E-state index >= 15 is 0 Å². The minimum atomic E-state index is -4.28. The lowest BCUT2D eigenvalue weighted by atomic mass is 10.1. The van der Waals surface area contributed by atoms with Gasteiger partial charge >= 0.3 is 0 Å². The van der Waals surface area contributed by atoms with Crippen molar-refractivity contribution in [3.8, 4) is 11.1 Å². The molecule has 0 fully saturated rings. The van der Waals surface area contributed by atoms with Crippen molar-refractivity contribution in [1.29, 1.82) is 0 Å². The van der Waals surface area contributed by atoms with E-state index in [-0.39, 0.29) is 20.9 Å². The number of carbonyl (C=O) groups is 3. The van der Waals surface area contributed by atoms with Crippen LogP contribution in [0, 0.1) is 0 Å². The number of benzene rings is 2. The van der Waals surface area contributed by atoms with E-state index in [2.05, 4.69) is 0 Å². The van der Waals surface area contributed by atoms with Crippen LogP contribution < -0.4 is 19.7 Å². The second kappa shape index (κ2) is 8.09. The predicted molar refractivity (Wildman–Crippen MR) is 105 cm³/mol. The predicted octanol–water partition coefficient (Wildman–Crippen LogP) is -2.27. The molecule has 32 heavy (non-hydrogen) atoms. The molecule has 2 atom stereocenters. The van der Waals surface area contributed by atoms with E-state index in [0.717, 1.165) is 26.0 Å². The maximum Gasteiger partial charge on any atom is 0.241 e. The Balaban J connectivity index is 1.99. The highest BCUT2D eigenvalue weighted by molar-refractivity contribution is 7.89. The summed E-state index contributed by atoms with van der Waals surface area (Å²) in [6.07, 6.45) is 0. The highest BCUT2D eigenvalue weighted by atomic mass is 32.2. The fraction of sp³-hybridized carbons (Fsp3) is 0.211. The summed E-state index contributed by atoms with van der Waals surface area (Å²) >= 11 is 0. The highest BCUT2D eigenvalue weighted by Crippen LogP contribution is 2.38. The van der Waals surface area contributed by atoms with Gasteiger partial charge in [-0.3, -0.25) is 4.79 Å². The first kappa shape index (κ1) is 23.5. The zero-order valence-corrected chi connectivity index (χ0v) is 18.2. The summed E-state index contributed by atoms with van der Waals surface area (Å²) in [6.45, 7) is 2.16. The van der Waals surface area contributed by atoms with Gasteiger partial charge in [0.1, 0.15) is 0 Å². The molecule has 2 aromatic rings. The first-order valence-corrected chi connectivity index (χ1v) is 12.0. The molecule has 2 N–H and O–H groups in total. The van der Waals surface area contributed by atoms with Gasteiger partial charge in [-0.25, -0.2) is 26.3 Å². The third kappa shape index (κ3) is 4.27. The Labute approximate surface area is 183 Å². The summed E-state index contributed by atoms with van der Waals surface area (Å²) < 4.78 is 53.5. The van der Waals surface area contributed by atoms with Crippen molar-refractivity contribution < 1.29 is 41.4 Å². The standard InChI is InChI=1S/C19H18N2O9S2/c1-9(18(23)24)20-31(27,28)11-3-5-13-14-6-4-12(8-16(14)17(22)15(13)7-11)32(29,30)21-10(2)19(25)26/h3-10,20-21H,1-2H3,(H,23,24)(H,25,26)/p-2/t9-,10+. The zero-order chi connectivity index (χ0) is 24.0. The Morgan fingerprint density at radius 1 is 0.719 bits per heavy atom. The molecule has 2 aromatic carbocycles. The summed E-state index contributed by atoms with van der Waals surface area (Å²) in [5, 5.41) is 21.7. The monoisotopic (exact) mass is 480 g/mol. The minimum Gasteiger partial charge on any atom is -0.548 e. The summed E-state index contributed by atoms with van der Waals surface area (Å²) in [4.78, 5) is 33.8. The Morgan fingerprint density at radius 2 is 1.06 bits per heavy atom. The molecule has 0 saturated carbocycles. The van der Waals surface area contributed by atoms with Gasteiger partial charge in [0.15, 0.2) is 5.78 Å². The molecule has 13 heteroatoms. The van der Waals surface area contributed by atoms with Crippen LogP contribution in [0.3, 0.4) is 0 Å². The van der Waals surface area contributed by atoms with Gasteiger partial charge in [-0.1, -0.05) is 12.1 Å². The number of ketones is 1. The normalized spacial score (nSPS) is 15.0. The fourth-order valence-electron chi connectivity index (χ4n) is 3.07. The largest absolute Gasteiger partial charge is 0.548 e. The van der Waals surface area contributed by atoms with Crippen LogP contribution in [0.1, 0.15) is 29.8 Å². The topological polar surface area (TPSA) is 190 Å². The van der Waals surface area contributed by atoms with Gasteiger partial charge in [-0.2, -0.15) is 0 Å². The number of carbonyl (C=O) groups excluding carboxylic acids is 3. The van der Waals surface area contributed by atoms with Gasteiger partial charge in [0, 0.05) is 11.1 Å². The molecule has 0 unspecified atom stereocenters. The molecule has 0 aliphatic heterocycles. The number of fused-ring (bicyclic) bond motifs is 3. The van der Waals surface area contributed by atoms with Crippen molar-refractivity contribution in [1.82, 2.24) is 9.44 Å². The van der Waals surface area contributed by atoms with E-state index in [1.807, 2.05) is 9.44 Å². The first-order chi connectivity index (χ1) is 14.7. The molecule has 11 nitrogen and oxygen atoms in total. The molecule has 3 rings (SSSR count). The van der Waals surface area contributed by atoms with Crippen molar-refractivity contribution in [3.63, 3.8) is 0 Å². The van der Waals surface area contributed by atoms with E-state index in [4.69, 9.17) is 0 Å². The van der Waals surface area contributed by atoms with E-state index in [9.17, 15) is 41.4 Å². The third-order valence-electron chi connectivity index (χ3n) is 4.75. The van der Waals surface area contributed by atoms with E-state index in [0.29, 0.717) is 11.1 Å². The average Bonchev–Trinajstić information content (AvgIpc) is 2.98. The SMILES string of the molecule is C[C@H](NS(=O)(=O)c1ccc2c(c1)C(=O)c1cc(S(=O)(=O)N[C@H](C)C(=O)[O-])ccc1-2)C(=O)[O-]. The molecule has 0 spiro atoms. The Bertz CT molecular complexity index is 1260. The average molecular weight is 480 g/mol. The minimum absolute atomic E-state index is 0.0189. The fourth-order valence-corrected chi connectivity index (χ4v) is 5.51. The quantitative estimate of drug-likeness (QED) is 0.358. The molecule has 0 saturated heterocycles. The summed E-state index contributed by atoms with van der Waals surface area (Å²) in [5.41, 5.74) is 0.679. The molecule has 0 bridgehead atoms. The lowest BCUT2D eigenvalue weighted by Gasteiger charge is -2.15. The Morgan fingerprint density at radius 3 is 1.38 bits per heavy atom. The summed E-state index contributed by atoms with van der Waals surface area (Å²) in [5.74, 6) is -3.91. The number of rotatable bonds is 8. The molecule has 0 radical (unpaired) electrons. The second-order valence-corrected chi connectivity index (χ2v) is 10.5. The molecule has 1 aliphatic rings. The van der Waals surface area contributed by atoms with Crippen LogP contribution in [-0.2, 0) is 29.6 Å². The van der Waals surface area contributed by atoms with E-state index < -0.39 is 49.9 Å². The van der Waals surface area contributed by atoms with Gasteiger partial charge in [0.2, 0.25) is 20.0 Å². The highest BCUT2D eigenvalue weighted by Gasteiger charge is 2.31. The molecule has 0 amide bonds. The van der Waals surface area contributed by atoms with Crippen molar-refractivity contribution >= 4 is 37.8 Å². The lowest BCUT2D eigenvalue weighted by Crippen LogP contribution is -2.45. The van der Waals surface area contributed by atoms with Crippen LogP contribution in [-0.4, -0.2) is 46.6 Å². The van der Waals surface area contributed by atoms with E-state index in [1.54, 1.807) is 0 Å². The number of hydrogen-bond donors (Lipinski definition) is 2. The van der Waals surface area contributed by atoms with Crippen molar-refractivity contribution in [2.45, 2.75) is 35.7 Å². The number of aliphatic carboxylic acids is 2. The number of sulfonamides is 2. The number of carboxylic acids is 2. The van der Waals surface area contributed by atoms with Crippen LogP contribution in [0.4, 0.5) is 0 Å². The van der Waals surface area contributed by atoms with Crippen LogP contribution in [0.25, 0.3) is 11.1 Å². The third-order valence-corrected chi connectivity index (χ3v) is 7.83. The smallest absolute Gasteiger partial charge is 0.241 e. The van der Waals surface area contributed by atoms with Crippen LogP contribution in [0.15, 0.2) is 46.2 Å². The van der Waals surface area contributed by atoms with Gasteiger partial charge in [-0.05, 0) is 49.2 Å². The molecule has 1 aliphatic carbocycles. The lowest BCUT2D eigenvalue weighted by molar-refractivity contribution is -0.308. The van der Waals surface area contributed by atoms with Gasteiger partial charge in [-0.15, -0.1) is 0 Å². The molecule has 0 aromatic heterocycles. The number of hydrogen-bond acceptors (Lipinski definition) is 9. The van der Waals surface area contributed by atoms with Gasteiger partial charge in [0.05, 0.1) is 33.8 Å². The van der Waals surface area contributed by atoms with E-state index in [1.165, 1.54) is 24.3 Å². The van der Waals surface area contributed by atoms with Crippen molar-refractivity contribution in [3.05, 3.63) is 47.5 Å². The maximum atomic E-state index is 12.9. The van der Waals surface area contributed by atoms with Crippen LogP contribution in [0.2, 0.25) is 0 Å². The number of carboxylic acid groups (broad SMARTS) is 2. The summed E-state index contributed by atoms with van der Waals surface area (Å²) in [7, 11) is -8.56.